The Morgan fingerprint density at radius 2 is 2.05 bits per heavy atom. The van der Waals surface area contributed by atoms with E-state index >= 15 is 0 Å². The molecule has 1 aromatic rings. The van der Waals surface area contributed by atoms with Crippen LogP contribution in [0.1, 0.15) is 33.3 Å². The molecule has 0 radical (unpaired) electrons. The normalized spacial score (nSPS) is 14.2. The average molecular weight is 362 g/mol. The lowest BCUT2D eigenvalue weighted by molar-refractivity contribution is 0.0509. The molecule has 0 saturated heterocycles. The van der Waals surface area contributed by atoms with Crippen molar-refractivity contribution in [2.45, 2.75) is 32.4 Å². The molecule has 1 rings (SSSR count). The summed E-state index contributed by atoms with van der Waals surface area (Å²) in [6.07, 6.45) is 0. The number of nitrogens with zero attached hydrogens (tertiary/aromatic N) is 1. The third kappa shape index (κ3) is 5.00. The van der Waals surface area contributed by atoms with Gasteiger partial charge in [0.1, 0.15) is 16.7 Å². The van der Waals surface area contributed by atoms with Gasteiger partial charge >= 0.3 is 0 Å². The molecule has 1 atom stereocenters. The summed E-state index contributed by atoms with van der Waals surface area (Å²) in [6, 6.07) is 5.62. The van der Waals surface area contributed by atoms with Crippen molar-refractivity contribution in [3.05, 3.63) is 28.2 Å². The van der Waals surface area contributed by atoms with Crippen LogP contribution in [0.5, 0.6) is 5.75 Å². The molecule has 20 heavy (non-hydrogen) atoms. The topological polar surface area (TPSA) is 47.9 Å². The van der Waals surface area contributed by atoms with Gasteiger partial charge in [0.2, 0.25) is 0 Å². The van der Waals surface area contributed by atoms with Crippen LogP contribution in [-0.4, -0.2) is 28.6 Å². The van der Waals surface area contributed by atoms with Crippen LogP contribution in [0.2, 0.25) is 0 Å². The summed E-state index contributed by atoms with van der Waals surface area (Å²) in [4.78, 5) is 0. The molecule has 0 aliphatic carbocycles. The summed E-state index contributed by atoms with van der Waals surface area (Å²) >= 11 is 3.40. The predicted molar refractivity (Wildman–Crippen MR) is 86.8 cm³/mol. The highest BCUT2D eigenvalue weighted by molar-refractivity contribution is 9.10. The highest BCUT2D eigenvalue weighted by atomic mass is 79.9. The van der Waals surface area contributed by atoms with Crippen molar-refractivity contribution in [3.63, 3.8) is 0 Å². The standard InChI is InChI=1S/C14H20BrNO3S/c1-10(16-20(17)14(2,3)4)12-7-6-11(15)8-13(12)19-9-18-5/h6-8H,9H2,1-5H3/b16-10-. The molecule has 0 spiro atoms. The highest BCUT2D eigenvalue weighted by Gasteiger charge is 2.20. The van der Waals surface area contributed by atoms with Gasteiger partial charge in [-0.2, -0.15) is 4.40 Å². The van der Waals surface area contributed by atoms with Crippen molar-refractivity contribution >= 4 is 32.6 Å². The van der Waals surface area contributed by atoms with Crippen LogP contribution in [0.15, 0.2) is 27.1 Å². The van der Waals surface area contributed by atoms with Gasteiger partial charge in [-0.15, -0.1) is 0 Å². The number of hydrogen-bond acceptors (Lipinski definition) is 3. The van der Waals surface area contributed by atoms with Crippen molar-refractivity contribution in [2.75, 3.05) is 13.9 Å². The molecule has 0 aliphatic heterocycles. The number of methoxy groups -OCH3 is 1. The van der Waals surface area contributed by atoms with Gasteiger partial charge in [-0.05, 0) is 45.9 Å². The van der Waals surface area contributed by atoms with Crippen LogP contribution in [0.3, 0.4) is 0 Å². The Hall–Kier alpha value is -0.720. The monoisotopic (exact) mass is 361 g/mol. The molecule has 1 unspecified atom stereocenters. The van der Waals surface area contributed by atoms with E-state index in [1.807, 2.05) is 45.9 Å². The molecular weight excluding hydrogens is 342 g/mol. The largest absolute Gasteiger partial charge is 0.467 e. The minimum absolute atomic E-state index is 0.152. The molecule has 0 amide bonds. The quantitative estimate of drug-likeness (QED) is 0.593. The summed E-state index contributed by atoms with van der Waals surface area (Å²) in [7, 11) is 0.265. The first kappa shape index (κ1) is 17.3. The minimum atomic E-state index is -1.30. The zero-order valence-electron chi connectivity index (χ0n) is 12.4. The number of rotatable bonds is 5. The summed E-state index contributed by atoms with van der Waals surface area (Å²) in [6.45, 7) is 7.66. The maximum absolute atomic E-state index is 12.1. The molecule has 0 N–H and O–H groups in total. The molecule has 0 fully saturated rings. The number of hydrogen-bond donors (Lipinski definition) is 0. The van der Waals surface area contributed by atoms with Gasteiger partial charge in [0, 0.05) is 17.1 Å². The Bertz CT molecular complexity index is 524. The highest BCUT2D eigenvalue weighted by Crippen LogP contribution is 2.25. The Kier molecular flexibility index (Phi) is 6.36. The van der Waals surface area contributed by atoms with Gasteiger partial charge in [-0.25, -0.2) is 4.21 Å². The maximum Gasteiger partial charge on any atom is 0.188 e. The summed E-state index contributed by atoms with van der Waals surface area (Å²) in [5.74, 6) is 0.647. The minimum Gasteiger partial charge on any atom is -0.467 e. The van der Waals surface area contributed by atoms with Crippen molar-refractivity contribution in [1.82, 2.24) is 0 Å². The molecule has 1 aromatic carbocycles. The van der Waals surface area contributed by atoms with Gasteiger partial charge in [0.15, 0.2) is 6.79 Å². The molecular formula is C14H20BrNO3S. The van der Waals surface area contributed by atoms with Crippen molar-refractivity contribution in [3.8, 4) is 5.75 Å². The lowest BCUT2D eigenvalue weighted by atomic mass is 10.1. The molecule has 0 aliphatic rings. The van der Waals surface area contributed by atoms with E-state index in [0.29, 0.717) is 11.5 Å². The number of halogens is 1. The Morgan fingerprint density at radius 3 is 2.60 bits per heavy atom. The smallest absolute Gasteiger partial charge is 0.188 e. The first-order valence-electron chi connectivity index (χ1n) is 6.14. The van der Waals surface area contributed by atoms with Crippen LogP contribution in [0.25, 0.3) is 0 Å². The van der Waals surface area contributed by atoms with E-state index in [1.54, 1.807) is 7.11 Å². The van der Waals surface area contributed by atoms with Crippen molar-refractivity contribution < 1.29 is 13.7 Å². The Balaban J connectivity index is 3.11. The molecule has 0 bridgehead atoms. The number of ether oxygens (including phenoxy) is 2. The maximum atomic E-state index is 12.1. The fourth-order valence-electron chi connectivity index (χ4n) is 1.35. The second kappa shape index (κ2) is 7.33. The van der Waals surface area contributed by atoms with Gasteiger partial charge in [-0.1, -0.05) is 15.9 Å². The first-order valence-corrected chi connectivity index (χ1v) is 8.04. The average Bonchev–Trinajstić information content (AvgIpc) is 2.35. The zero-order chi connectivity index (χ0) is 15.3. The molecule has 0 saturated carbocycles. The van der Waals surface area contributed by atoms with Crippen molar-refractivity contribution in [1.29, 1.82) is 0 Å². The van der Waals surface area contributed by atoms with Crippen LogP contribution >= 0.6 is 15.9 Å². The molecule has 4 nitrogen and oxygen atoms in total. The van der Waals surface area contributed by atoms with Gasteiger partial charge in [-0.3, -0.25) is 0 Å². The summed E-state index contributed by atoms with van der Waals surface area (Å²) < 4.78 is 27.3. The van der Waals surface area contributed by atoms with E-state index in [-0.39, 0.29) is 11.5 Å². The SMILES string of the molecule is COCOc1cc(Br)ccc1/C(C)=N\S(=O)C(C)(C)C. The van der Waals surface area contributed by atoms with E-state index in [1.165, 1.54) is 0 Å². The van der Waals surface area contributed by atoms with Crippen LogP contribution < -0.4 is 4.74 Å². The predicted octanol–water partition coefficient (Wildman–Crippen LogP) is 3.70. The van der Waals surface area contributed by atoms with Crippen LogP contribution in [0.4, 0.5) is 0 Å². The molecule has 0 heterocycles. The van der Waals surface area contributed by atoms with Crippen molar-refractivity contribution in [2.24, 2.45) is 4.40 Å². The fourth-order valence-corrected chi connectivity index (χ4v) is 2.31. The molecule has 6 heteroatoms. The van der Waals surface area contributed by atoms with Crippen LogP contribution in [0, 0.1) is 0 Å². The molecule has 0 aromatic heterocycles. The number of benzene rings is 1. The lowest BCUT2D eigenvalue weighted by Gasteiger charge is -2.15. The third-order valence-corrected chi connectivity index (χ3v) is 4.39. The lowest BCUT2D eigenvalue weighted by Crippen LogP contribution is -2.20. The Morgan fingerprint density at radius 1 is 1.40 bits per heavy atom. The van der Waals surface area contributed by atoms with E-state index in [4.69, 9.17) is 9.47 Å². The second-order valence-electron chi connectivity index (χ2n) is 5.23. The van der Waals surface area contributed by atoms with E-state index in [2.05, 4.69) is 20.3 Å². The second-order valence-corrected chi connectivity index (χ2v) is 8.05. The first-order chi connectivity index (χ1) is 9.25. The summed E-state index contributed by atoms with van der Waals surface area (Å²) in [5.41, 5.74) is 1.49. The van der Waals surface area contributed by atoms with Gasteiger partial charge < -0.3 is 9.47 Å². The van der Waals surface area contributed by atoms with Gasteiger partial charge in [0.05, 0.1) is 10.5 Å². The molecule has 112 valence electrons. The van der Waals surface area contributed by atoms with E-state index in [0.717, 1.165) is 10.0 Å². The Labute approximate surface area is 131 Å². The van der Waals surface area contributed by atoms with Crippen LogP contribution in [-0.2, 0) is 15.7 Å². The summed E-state index contributed by atoms with van der Waals surface area (Å²) in [5, 5.41) is 0. The van der Waals surface area contributed by atoms with Gasteiger partial charge in [0.25, 0.3) is 0 Å². The zero-order valence-corrected chi connectivity index (χ0v) is 14.8. The van der Waals surface area contributed by atoms with E-state index < -0.39 is 11.0 Å². The fraction of sp³-hybridized carbons (Fsp3) is 0.500. The van der Waals surface area contributed by atoms with E-state index in [9.17, 15) is 4.21 Å². The third-order valence-electron chi connectivity index (χ3n) is 2.41.